The third kappa shape index (κ3) is 14.7. The Kier molecular flexibility index (Phi) is 15.7. The van der Waals surface area contributed by atoms with E-state index >= 15 is 0 Å². The Labute approximate surface area is 335 Å². The molecule has 310 valence electrons. The molecule has 0 spiro atoms. The van der Waals surface area contributed by atoms with Crippen LogP contribution in [0.15, 0.2) is 91.0 Å². The van der Waals surface area contributed by atoms with E-state index in [2.05, 4.69) is 19.8 Å². The van der Waals surface area contributed by atoms with Gasteiger partial charge in [0.15, 0.2) is 11.5 Å². The van der Waals surface area contributed by atoms with Crippen molar-refractivity contribution in [3.05, 3.63) is 160 Å². The van der Waals surface area contributed by atoms with E-state index in [1.54, 1.807) is 67.6 Å². The van der Waals surface area contributed by atoms with Crippen LogP contribution < -0.4 is 14.8 Å². The minimum absolute atomic E-state index is 0.0223. The van der Waals surface area contributed by atoms with Gasteiger partial charge >= 0.3 is 17.9 Å². The first-order valence-corrected chi connectivity index (χ1v) is 17.7. The molecule has 0 saturated heterocycles. The van der Waals surface area contributed by atoms with Gasteiger partial charge < -0.3 is 34.0 Å². The van der Waals surface area contributed by atoms with Gasteiger partial charge in [-0.1, -0.05) is 78.9 Å². The molecule has 1 N–H and O–H groups in total. The van der Waals surface area contributed by atoms with Gasteiger partial charge in [-0.05, 0) is 64.9 Å². The summed E-state index contributed by atoms with van der Waals surface area (Å²) in [5.74, 6) is -3.41. The summed E-state index contributed by atoms with van der Waals surface area (Å²) >= 11 is 0. The van der Waals surface area contributed by atoms with Crippen LogP contribution in [0.5, 0.6) is 11.5 Å². The van der Waals surface area contributed by atoms with Crippen LogP contribution in [-0.4, -0.2) is 51.2 Å². The number of hydrogen-bond acceptors (Lipinski definition) is 16. The van der Waals surface area contributed by atoms with Crippen LogP contribution in [0.2, 0.25) is 0 Å². The molecule has 0 saturated carbocycles. The lowest BCUT2D eigenvalue weighted by atomic mass is 9.92. The largest absolute Gasteiger partial charge is 0.464 e. The number of nitrogens with zero attached hydrogens (tertiary/aromatic N) is 3. The van der Waals surface area contributed by atoms with Gasteiger partial charge in [-0.15, -0.1) is 30.3 Å². The number of carbonyl (C=O) groups excluding carboxylic acids is 4. The predicted octanol–water partition coefficient (Wildman–Crippen LogP) is 4.33. The van der Waals surface area contributed by atoms with E-state index in [1.807, 2.05) is 0 Å². The summed E-state index contributed by atoms with van der Waals surface area (Å²) < 4.78 is 16.6. The van der Waals surface area contributed by atoms with E-state index in [0.717, 1.165) is 0 Å². The molecular formula is C39H38N4O16. The van der Waals surface area contributed by atoms with Crippen molar-refractivity contribution >= 4 is 23.8 Å². The fourth-order valence-electron chi connectivity index (χ4n) is 5.75. The van der Waals surface area contributed by atoms with Gasteiger partial charge in [-0.3, -0.25) is 14.4 Å². The summed E-state index contributed by atoms with van der Waals surface area (Å²) in [7, 11) is 0. The molecule has 0 aromatic heterocycles. The van der Waals surface area contributed by atoms with Gasteiger partial charge in [0.25, 0.3) is 15.3 Å². The Morgan fingerprint density at radius 2 is 1.00 bits per heavy atom. The SMILES string of the molecule is CCOC(=O)C(C)(Cc1ccc(OC(=O)Cc2cccc(CO[N+](=O)[O-])c2)c(OC(=O)Cc2cccc(CO[N+](=O)[O-])c2)c1)NC(=O)Cc1cccc(CO[N+](=O)[O-])c1. The average Bonchev–Trinajstić information content (AvgIpc) is 3.17. The van der Waals surface area contributed by atoms with Crippen molar-refractivity contribution in [3.8, 4) is 11.5 Å². The van der Waals surface area contributed by atoms with Gasteiger partial charge in [0.1, 0.15) is 25.4 Å². The standard InChI is InChI=1S/C39H38N4O16/c1-3-54-38(47)39(2,40-35(44)19-26-7-4-10-30(15-26)23-55-41(48)49)22-29-13-14-33(58-36(45)20-27-8-5-11-31(16-27)24-56-42(50)51)34(18-29)59-37(46)21-28-9-6-12-32(17-28)25-57-43(52)53/h4-18H,3,19-25H2,1-2H3,(H,40,44). The van der Waals surface area contributed by atoms with Gasteiger partial charge in [0.05, 0.1) is 25.9 Å². The molecule has 1 amide bonds. The molecular weight excluding hydrogens is 780 g/mol. The highest BCUT2D eigenvalue weighted by molar-refractivity contribution is 5.89. The molecule has 20 heteroatoms. The highest BCUT2D eigenvalue weighted by atomic mass is 17.0. The van der Waals surface area contributed by atoms with E-state index in [4.69, 9.17) is 14.2 Å². The molecule has 20 nitrogen and oxygen atoms in total. The normalized spacial score (nSPS) is 11.6. The molecule has 0 fully saturated rings. The van der Waals surface area contributed by atoms with E-state index in [0.29, 0.717) is 38.9 Å². The van der Waals surface area contributed by atoms with Crippen molar-refractivity contribution in [3.63, 3.8) is 0 Å². The lowest BCUT2D eigenvalue weighted by Gasteiger charge is -2.29. The molecule has 59 heavy (non-hydrogen) atoms. The number of carbonyl (C=O) groups is 4. The summed E-state index contributed by atoms with van der Waals surface area (Å²) in [5.41, 5.74) is 1.26. The Hall–Kier alpha value is -7.64. The highest BCUT2D eigenvalue weighted by Crippen LogP contribution is 2.31. The molecule has 0 bridgehead atoms. The third-order valence-electron chi connectivity index (χ3n) is 8.20. The predicted molar refractivity (Wildman–Crippen MR) is 200 cm³/mol. The second-order valence-electron chi connectivity index (χ2n) is 13.0. The van der Waals surface area contributed by atoms with Crippen molar-refractivity contribution in [2.45, 2.75) is 64.9 Å². The maximum absolute atomic E-state index is 13.4. The van der Waals surface area contributed by atoms with E-state index in [-0.39, 0.29) is 63.6 Å². The summed E-state index contributed by atoms with van der Waals surface area (Å²) in [6.07, 6.45) is -1.04. The van der Waals surface area contributed by atoms with Gasteiger partial charge in [-0.2, -0.15) is 0 Å². The van der Waals surface area contributed by atoms with Crippen LogP contribution in [0.3, 0.4) is 0 Å². The number of rotatable bonds is 22. The Morgan fingerprint density at radius 1 is 0.576 bits per heavy atom. The molecule has 0 heterocycles. The first-order valence-electron chi connectivity index (χ1n) is 17.7. The Balaban J connectivity index is 1.59. The smallest absolute Gasteiger partial charge is 0.331 e. The fraction of sp³-hybridized carbons (Fsp3) is 0.282. The first kappa shape index (κ1) is 44.1. The van der Waals surface area contributed by atoms with Crippen LogP contribution in [0.1, 0.15) is 52.8 Å². The van der Waals surface area contributed by atoms with Crippen LogP contribution in [-0.2, 0) is 83.9 Å². The first-order chi connectivity index (χ1) is 28.1. The van der Waals surface area contributed by atoms with Crippen molar-refractivity contribution in [2.24, 2.45) is 0 Å². The second-order valence-corrected chi connectivity index (χ2v) is 13.0. The van der Waals surface area contributed by atoms with E-state index in [1.165, 1.54) is 37.3 Å². The second kappa shape index (κ2) is 21.0. The fourth-order valence-corrected chi connectivity index (χ4v) is 5.75. The highest BCUT2D eigenvalue weighted by Gasteiger charge is 2.37. The number of ether oxygens (including phenoxy) is 3. The Bertz CT molecular complexity index is 2200. The monoisotopic (exact) mass is 818 g/mol. The lowest BCUT2D eigenvalue weighted by Crippen LogP contribution is -2.55. The van der Waals surface area contributed by atoms with Gasteiger partial charge in [-0.25, -0.2) is 4.79 Å². The zero-order valence-electron chi connectivity index (χ0n) is 31.7. The molecule has 0 aliphatic heterocycles. The number of esters is 3. The molecule has 4 aromatic carbocycles. The molecule has 4 aromatic rings. The topological polar surface area (TPSA) is 265 Å². The average molecular weight is 819 g/mol. The molecule has 0 aliphatic carbocycles. The van der Waals surface area contributed by atoms with Crippen molar-refractivity contribution in [2.75, 3.05) is 6.61 Å². The van der Waals surface area contributed by atoms with Crippen LogP contribution in [0.25, 0.3) is 0 Å². The summed E-state index contributed by atoms with van der Waals surface area (Å²) in [5, 5.41) is 31.8. The van der Waals surface area contributed by atoms with Crippen molar-refractivity contribution in [1.29, 1.82) is 0 Å². The minimum atomic E-state index is -1.69. The Morgan fingerprint density at radius 3 is 1.44 bits per heavy atom. The lowest BCUT2D eigenvalue weighted by molar-refractivity contribution is -0.763. The summed E-state index contributed by atoms with van der Waals surface area (Å²) in [6, 6.07) is 23.0. The van der Waals surface area contributed by atoms with Gasteiger partial charge in [0, 0.05) is 6.42 Å². The van der Waals surface area contributed by atoms with Gasteiger partial charge in [0.2, 0.25) is 5.91 Å². The summed E-state index contributed by atoms with van der Waals surface area (Å²) in [4.78, 5) is 98.3. The number of nitrogens with one attached hydrogen (secondary N) is 1. The van der Waals surface area contributed by atoms with Crippen LogP contribution in [0, 0.1) is 30.3 Å². The van der Waals surface area contributed by atoms with E-state index < -0.39 is 44.6 Å². The van der Waals surface area contributed by atoms with Crippen molar-refractivity contribution < 1.29 is 63.2 Å². The zero-order valence-corrected chi connectivity index (χ0v) is 31.7. The van der Waals surface area contributed by atoms with E-state index in [9.17, 15) is 49.5 Å². The maximum atomic E-state index is 13.4. The quantitative estimate of drug-likeness (QED) is 0.0500. The number of hydrogen-bond donors (Lipinski definition) is 1. The third-order valence-corrected chi connectivity index (χ3v) is 8.20. The van der Waals surface area contributed by atoms with Crippen molar-refractivity contribution in [1.82, 2.24) is 5.32 Å². The molecule has 1 unspecified atom stereocenters. The molecule has 0 aliphatic rings. The van der Waals surface area contributed by atoms with Crippen LogP contribution in [0.4, 0.5) is 0 Å². The zero-order chi connectivity index (χ0) is 43.0. The maximum Gasteiger partial charge on any atom is 0.331 e. The molecule has 4 rings (SSSR count). The summed E-state index contributed by atoms with van der Waals surface area (Å²) in [6.45, 7) is 1.96. The minimum Gasteiger partial charge on any atom is -0.464 e. The number of amides is 1. The van der Waals surface area contributed by atoms with Crippen LogP contribution >= 0.6 is 0 Å². The molecule has 1 atom stereocenters. The number of benzene rings is 4. The molecule has 0 radical (unpaired) electrons.